The number of benzene rings is 3. The van der Waals surface area contributed by atoms with Crippen LogP contribution in [0.2, 0.25) is 0 Å². The molecule has 4 rings (SSSR count). The third-order valence-corrected chi connectivity index (χ3v) is 7.85. The van der Waals surface area contributed by atoms with Crippen LogP contribution >= 0.6 is 11.8 Å². The maximum atomic E-state index is 13.5. The second-order valence-electron chi connectivity index (χ2n) is 10.5. The first-order valence-corrected chi connectivity index (χ1v) is 14.8. The Labute approximate surface area is 251 Å². The quantitative estimate of drug-likeness (QED) is 0.157. The highest BCUT2D eigenvalue weighted by molar-refractivity contribution is 7.99. The molecule has 0 unspecified atom stereocenters. The molecule has 1 N–H and O–H groups in total. The number of carbonyl (C=O) groups is 3. The molecule has 0 radical (unpaired) electrons. The van der Waals surface area contributed by atoms with E-state index in [0.717, 1.165) is 50.9 Å². The monoisotopic (exact) mass is 590 g/mol. The summed E-state index contributed by atoms with van der Waals surface area (Å²) in [6, 6.07) is 19.0. The van der Waals surface area contributed by atoms with E-state index in [4.69, 9.17) is 9.47 Å². The molecule has 0 aromatic heterocycles. The van der Waals surface area contributed by atoms with Gasteiger partial charge in [-0.3, -0.25) is 9.59 Å². The van der Waals surface area contributed by atoms with Crippen LogP contribution in [-0.4, -0.2) is 52.7 Å². The number of carbonyl (C=O) groups excluding carboxylic acids is 3. The molecule has 222 valence electrons. The molecule has 0 fully saturated rings. The van der Waals surface area contributed by atoms with Crippen LogP contribution in [0.25, 0.3) is 0 Å². The van der Waals surface area contributed by atoms with Gasteiger partial charge in [0.2, 0.25) is 5.91 Å². The molecule has 3 aromatic carbocycles. The average Bonchev–Trinajstić information content (AvgIpc) is 2.96. The Morgan fingerprint density at radius 3 is 1.95 bits per heavy atom. The zero-order chi connectivity index (χ0) is 30.2. The summed E-state index contributed by atoms with van der Waals surface area (Å²) < 4.78 is 11.2. The van der Waals surface area contributed by atoms with Gasteiger partial charge in [-0.05, 0) is 66.9 Å². The van der Waals surface area contributed by atoms with Gasteiger partial charge in [0.15, 0.2) is 0 Å². The summed E-state index contributed by atoms with van der Waals surface area (Å²) in [7, 11) is 7.96. The van der Waals surface area contributed by atoms with E-state index < -0.39 is 6.09 Å². The number of hydrogen-bond acceptors (Lipinski definition) is 8. The van der Waals surface area contributed by atoms with Crippen LogP contribution in [0.3, 0.4) is 0 Å². The van der Waals surface area contributed by atoms with Crippen molar-refractivity contribution in [2.75, 3.05) is 49.4 Å². The van der Waals surface area contributed by atoms with Crippen molar-refractivity contribution in [1.29, 1.82) is 0 Å². The Kier molecular flexibility index (Phi) is 10.4. The van der Waals surface area contributed by atoms with Crippen LogP contribution in [0.15, 0.2) is 70.5 Å². The summed E-state index contributed by atoms with van der Waals surface area (Å²) in [5.41, 5.74) is 4.42. The molecule has 0 aliphatic carbocycles. The normalized spacial score (nSPS) is 11.7. The number of amides is 2. The Balaban J connectivity index is 1.38. The van der Waals surface area contributed by atoms with E-state index in [1.165, 1.54) is 6.92 Å². The van der Waals surface area contributed by atoms with Gasteiger partial charge in [-0.2, -0.15) is 0 Å². The third-order valence-electron chi connectivity index (χ3n) is 6.75. The Bertz CT molecular complexity index is 1370. The van der Waals surface area contributed by atoms with Gasteiger partial charge in [0, 0.05) is 69.2 Å². The fourth-order valence-electron chi connectivity index (χ4n) is 4.42. The number of ether oxygens (including phenoxy) is 2. The molecule has 9 nitrogen and oxygen atoms in total. The molecular formula is C32H38N4O5S. The Hall–Kier alpha value is -4.18. The lowest BCUT2D eigenvalue weighted by atomic mass is 10.2. The smallest absolute Gasteiger partial charge is 0.419 e. The van der Waals surface area contributed by atoms with Crippen molar-refractivity contribution in [2.45, 2.75) is 49.0 Å². The number of hydrogen-bond donors (Lipinski definition) is 1. The lowest BCUT2D eigenvalue weighted by Crippen LogP contribution is -2.29. The first-order valence-electron chi connectivity index (χ1n) is 13.9. The van der Waals surface area contributed by atoms with Gasteiger partial charge < -0.3 is 24.6 Å². The molecular weight excluding hydrogens is 552 g/mol. The number of nitrogens with one attached hydrogen (secondary N) is 1. The van der Waals surface area contributed by atoms with E-state index in [1.54, 1.807) is 40.9 Å². The van der Waals surface area contributed by atoms with Crippen molar-refractivity contribution in [3.8, 4) is 5.75 Å². The van der Waals surface area contributed by atoms with Crippen molar-refractivity contribution in [3.05, 3.63) is 66.2 Å². The van der Waals surface area contributed by atoms with Crippen molar-refractivity contribution >= 4 is 52.5 Å². The summed E-state index contributed by atoms with van der Waals surface area (Å²) in [5.74, 6) is 0.0905. The third kappa shape index (κ3) is 7.97. The largest absolute Gasteiger partial charge is 0.444 e. The summed E-state index contributed by atoms with van der Waals surface area (Å²) in [5, 5.41) is 2.74. The van der Waals surface area contributed by atoms with Crippen LogP contribution in [0, 0.1) is 0 Å². The fourth-order valence-corrected chi connectivity index (χ4v) is 5.55. The molecule has 1 aliphatic heterocycles. The molecule has 1 heterocycles. The second-order valence-corrected chi connectivity index (χ2v) is 11.6. The van der Waals surface area contributed by atoms with Crippen LogP contribution < -0.4 is 24.8 Å². The Morgan fingerprint density at radius 2 is 1.40 bits per heavy atom. The van der Waals surface area contributed by atoms with E-state index in [1.807, 2.05) is 62.3 Å². The van der Waals surface area contributed by atoms with E-state index in [0.29, 0.717) is 25.1 Å². The standard InChI is InChI=1S/C32H38N4O5S/c1-22(37)33-18-8-6-7-9-31(38)41-26-14-10-23(11-15-26)21-40-32(39)36-27-16-12-24(34(2)3)19-29(27)42-30-20-25(35(4)5)13-17-28(30)36/h10-17,19-20H,6-9,18,21H2,1-5H3,(H,33,37). The first kappa shape index (κ1) is 30.8. The van der Waals surface area contributed by atoms with Crippen molar-refractivity contribution in [1.82, 2.24) is 5.32 Å². The predicted molar refractivity (Wildman–Crippen MR) is 167 cm³/mol. The lowest BCUT2D eigenvalue weighted by Gasteiger charge is -2.32. The van der Waals surface area contributed by atoms with Crippen LogP contribution in [0.4, 0.5) is 27.5 Å². The summed E-state index contributed by atoms with van der Waals surface area (Å²) in [6.45, 7) is 2.17. The SMILES string of the molecule is CC(=O)NCCCCCC(=O)Oc1ccc(COC(=O)N2c3ccc(N(C)C)cc3Sc3cc(N(C)C)ccc32)cc1. The van der Waals surface area contributed by atoms with Crippen LogP contribution in [-0.2, 0) is 20.9 Å². The van der Waals surface area contributed by atoms with Crippen molar-refractivity contribution in [3.63, 3.8) is 0 Å². The molecule has 0 saturated heterocycles. The minimum Gasteiger partial charge on any atom is -0.444 e. The summed E-state index contributed by atoms with van der Waals surface area (Å²) >= 11 is 1.64. The van der Waals surface area contributed by atoms with E-state index in [2.05, 4.69) is 17.4 Å². The highest BCUT2D eigenvalue weighted by Crippen LogP contribution is 2.50. The number of nitrogens with zero attached hydrogens (tertiary/aromatic N) is 3. The molecule has 0 atom stereocenters. The summed E-state index contributed by atoms with van der Waals surface area (Å²) in [4.78, 5) is 44.2. The fraction of sp³-hybridized carbons (Fsp3) is 0.344. The second kappa shape index (κ2) is 14.1. The maximum Gasteiger partial charge on any atom is 0.419 e. The zero-order valence-corrected chi connectivity index (χ0v) is 25.6. The molecule has 0 bridgehead atoms. The highest BCUT2D eigenvalue weighted by atomic mass is 32.2. The first-order chi connectivity index (χ1) is 20.1. The highest BCUT2D eigenvalue weighted by Gasteiger charge is 2.30. The van der Waals surface area contributed by atoms with Gasteiger partial charge >= 0.3 is 12.1 Å². The molecule has 3 aromatic rings. The van der Waals surface area contributed by atoms with Crippen LogP contribution in [0.1, 0.15) is 38.2 Å². The van der Waals surface area contributed by atoms with Gasteiger partial charge in [-0.1, -0.05) is 30.3 Å². The van der Waals surface area contributed by atoms with E-state index in [9.17, 15) is 14.4 Å². The molecule has 0 spiro atoms. The van der Waals surface area contributed by atoms with Gasteiger partial charge in [0.25, 0.3) is 0 Å². The Morgan fingerprint density at radius 1 is 0.810 bits per heavy atom. The number of anilines is 4. The van der Waals surface area contributed by atoms with Crippen molar-refractivity contribution in [2.24, 2.45) is 0 Å². The number of rotatable bonds is 11. The average molecular weight is 591 g/mol. The minimum atomic E-state index is -0.470. The van der Waals surface area contributed by atoms with Crippen molar-refractivity contribution < 1.29 is 23.9 Å². The minimum absolute atomic E-state index is 0.0497. The van der Waals surface area contributed by atoms with Gasteiger partial charge in [0.05, 0.1) is 11.4 Å². The summed E-state index contributed by atoms with van der Waals surface area (Å²) in [6.07, 6.45) is 2.19. The molecule has 1 aliphatic rings. The number of fused-ring (bicyclic) bond motifs is 2. The van der Waals surface area contributed by atoms with E-state index in [-0.39, 0.29) is 18.5 Å². The maximum absolute atomic E-state index is 13.5. The molecule has 42 heavy (non-hydrogen) atoms. The molecule has 0 saturated carbocycles. The lowest BCUT2D eigenvalue weighted by molar-refractivity contribution is -0.134. The molecule has 2 amide bonds. The predicted octanol–water partition coefficient (Wildman–Crippen LogP) is 6.36. The number of esters is 1. The molecule has 10 heteroatoms. The van der Waals surface area contributed by atoms with Gasteiger partial charge in [0.1, 0.15) is 12.4 Å². The van der Waals surface area contributed by atoms with Crippen LogP contribution in [0.5, 0.6) is 5.75 Å². The van der Waals surface area contributed by atoms with Gasteiger partial charge in [-0.15, -0.1) is 0 Å². The topological polar surface area (TPSA) is 91.4 Å². The zero-order valence-electron chi connectivity index (χ0n) is 24.8. The van der Waals surface area contributed by atoms with Gasteiger partial charge in [-0.25, -0.2) is 9.69 Å². The van der Waals surface area contributed by atoms with E-state index >= 15 is 0 Å². The number of unbranched alkanes of at least 4 members (excludes halogenated alkanes) is 2.